The van der Waals surface area contributed by atoms with Gasteiger partial charge in [-0.1, -0.05) is 11.6 Å². The van der Waals surface area contributed by atoms with Gasteiger partial charge in [0.05, 0.1) is 11.6 Å². The first kappa shape index (κ1) is 14.2. The van der Waals surface area contributed by atoms with E-state index in [9.17, 15) is 15.0 Å². The zero-order chi connectivity index (χ0) is 14.2. The summed E-state index contributed by atoms with van der Waals surface area (Å²) >= 11 is 5.99. The summed E-state index contributed by atoms with van der Waals surface area (Å²) in [7, 11) is 0. The molecule has 0 unspecified atom stereocenters. The lowest BCUT2D eigenvalue weighted by Gasteiger charge is -2.17. The summed E-state index contributed by atoms with van der Waals surface area (Å²) in [6.45, 7) is -0.444. The minimum absolute atomic E-state index is 0.0372. The van der Waals surface area contributed by atoms with E-state index in [1.165, 1.54) is 12.3 Å². The van der Waals surface area contributed by atoms with E-state index in [2.05, 4.69) is 4.98 Å². The van der Waals surface area contributed by atoms with E-state index in [1.54, 1.807) is 0 Å². The van der Waals surface area contributed by atoms with Crippen LogP contribution < -0.4 is 5.73 Å². The van der Waals surface area contributed by atoms with Crippen molar-refractivity contribution in [3.05, 3.63) is 28.5 Å². The second kappa shape index (κ2) is 5.40. The van der Waals surface area contributed by atoms with E-state index >= 15 is 0 Å². The van der Waals surface area contributed by atoms with Gasteiger partial charge in [0.25, 0.3) is 5.91 Å². The second-order valence-corrected chi connectivity index (χ2v) is 4.56. The average Bonchev–Trinajstić information content (AvgIpc) is 2.66. The van der Waals surface area contributed by atoms with Crippen molar-refractivity contribution in [3.63, 3.8) is 0 Å². The fourth-order valence-corrected chi connectivity index (χ4v) is 2.32. The van der Waals surface area contributed by atoms with Crippen molar-refractivity contribution in [2.24, 2.45) is 5.73 Å². The van der Waals surface area contributed by atoms with Gasteiger partial charge in [0.15, 0.2) is 0 Å². The normalized spacial score (nSPS) is 30.5. The highest BCUT2D eigenvalue weighted by Crippen LogP contribution is 2.37. The molecule has 104 valence electrons. The van der Waals surface area contributed by atoms with Gasteiger partial charge in [0.1, 0.15) is 30.1 Å². The van der Waals surface area contributed by atoms with Crippen molar-refractivity contribution in [2.75, 3.05) is 6.61 Å². The molecule has 1 aliphatic heterocycles. The maximum atomic E-state index is 11.1. The summed E-state index contributed by atoms with van der Waals surface area (Å²) in [4.78, 5) is 14.9. The topological polar surface area (TPSA) is 126 Å². The largest absolute Gasteiger partial charge is 0.394 e. The number of pyridine rings is 1. The lowest BCUT2D eigenvalue weighted by molar-refractivity contribution is -0.0227. The molecule has 1 amide bonds. The van der Waals surface area contributed by atoms with Crippen LogP contribution in [0.3, 0.4) is 0 Å². The van der Waals surface area contributed by atoms with Crippen LogP contribution in [0.4, 0.5) is 0 Å². The maximum Gasteiger partial charge on any atom is 0.268 e. The zero-order valence-electron chi connectivity index (χ0n) is 9.73. The van der Waals surface area contributed by atoms with Crippen LogP contribution >= 0.6 is 11.6 Å². The molecule has 1 aliphatic rings. The highest BCUT2D eigenvalue weighted by Gasteiger charge is 2.44. The first-order chi connectivity index (χ1) is 8.97. The molecule has 0 bridgehead atoms. The number of carbonyl (C=O) groups is 1. The number of nitrogens with zero attached hydrogens (tertiary/aromatic N) is 1. The zero-order valence-corrected chi connectivity index (χ0v) is 10.5. The number of aromatic nitrogens is 1. The highest BCUT2D eigenvalue weighted by atomic mass is 35.5. The van der Waals surface area contributed by atoms with Crippen molar-refractivity contribution in [2.45, 2.75) is 24.4 Å². The summed E-state index contributed by atoms with van der Waals surface area (Å²) < 4.78 is 5.32. The first-order valence-corrected chi connectivity index (χ1v) is 5.91. The van der Waals surface area contributed by atoms with Crippen molar-refractivity contribution in [1.82, 2.24) is 4.98 Å². The molecule has 4 atom stereocenters. The van der Waals surface area contributed by atoms with E-state index in [4.69, 9.17) is 27.2 Å². The predicted octanol–water partition coefficient (Wildman–Crippen LogP) is -1.01. The molecule has 0 aromatic carbocycles. The average molecular weight is 289 g/mol. The van der Waals surface area contributed by atoms with Crippen LogP contribution in [0.15, 0.2) is 12.3 Å². The molecule has 0 spiro atoms. The third kappa shape index (κ3) is 2.43. The van der Waals surface area contributed by atoms with Gasteiger partial charge >= 0.3 is 0 Å². The van der Waals surface area contributed by atoms with Gasteiger partial charge < -0.3 is 25.8 Å². The second-order valence-electron chi connectivity index (χ2n) is 4.19. The standard InChI is InChI=1S/C11H13ClN2O5/c12-6-4(1-2-14-7(6)11(13)18)10-9(17)8(16)5(3-15)19-10/h1-2,5,8-10,15-17H,3H2,(H2,13,18)/t5-,8-,9-,10+/m1/s1. The number of carbonyl (C=O) groups excluding carboxylic acids is 1. The Labute approximate surface area is 113 Å². The number of primary amides is 1. The Balaban J connectivity index is 2.38. The molecule has 2 heterocycles. The van der Waals surface area contributed by atoms with E-state index < -0.39 is 36.9 Å². The van der Waals surface area contributed by atoms with Crippen LogP contribution in [-0.4, -0.2) is 51.1 Å². The smallest absolute Gasteiger partial charge is 0.268 e. The molecular weight excluding hydrogens is 276 g/mol. The fourth-order valence-electron chi connectivity index (χ4n) is 2.01. The molecule has 1 aromatic heterocycles. The van der Waals surface area contributed by atoms with E-state index in [1.807, 2.05) is 0 Å². The molecule has 1 fully saturated rings. The number of halogens is 1. The number of hydrogen-bond acceptors (Lipinski definition) is 6. The number of nitrogens with two attached hydrogens (primary N) is 1. The Morgan fingerprint density at radius 1 is 1.47 bits per heavy atom. The summed E-state index contributed by atoms with van der Waals surface area (Å²) in [5.74, 6) is -0.807. The lowest BCUT2D eigenvalue weighted by atomic mass is 10.0. The molecule has 7 nitrogen and oxygen atoms in total. The van der Waals surface area contributed by atoms with E-state index in [-0.39, 0.29) is 16.3 Å². The molecule has 5 N–H and O–H groups in total. The molecule has 8 heteroatoms. The lowest BCUT2D eigenvalue weighted by Crippen LogP contribution is -2.32. The number of ether oxygens (including phenoxy) is 1. The summed E-state index contributed by atoms with van der Waals surface area (Å²) in [5.41, 5.74) is 5.26. The highest BCUT2D eigenvalue weighted by molar-refractivity contribution is 6.34. The van der Waals surface area contributed by atoms with Gasteiger partial charge in [0, 0.05) is 11.8 Å². The predicted molar refractivity (Wildman–Crippen MR) is 64.5 cm³/mol. The molecule has 0 aliphatic carbocycles. The number of aliphatic hydroxyl groups is 3. The van der Waals surface area contributed by atoms with Crippen LogP contribution in [0.1, 0.15) is 22.2 Å². The minimum atomic E-state index is -1.27. The maximum absolute atomic E-state index is 11.1. The Bertz CT molecular complexity index is 498. The van der Waals surface area contributed by atoms with Crippen LogP contribution in [0.2, 0.25) is 5.02 Å². The van der Waals surface area contributed by atoms with Crippen molar-refractivity contribution in [1.29, 1.82) is 0 Å². The Kier molecular flexibility index (Phi) is 4.02. The van der Waals surface area contributed by atoms with Crippen molar-refractivity contribution < 1.29 is 24.9 Å². The third-order valence-electron chi connectivity index (χ3n) is 3.00. The fraction of sp³-hybridized carbons (Fsp3) is 0.455. The molecule has 0 saturated carbocycles. The number of amides is 1. The molecule has 19 heavy (non-hydrogen) atoms. The Hall–Kier alpha value is -1.25. The van der Waals surface area contributed by atoms with Gasteiger partial charge in [-0.3, -0.25) is 4.79 Å². The van der Waals surface area contributed by atoms with Crippen LogP contribution in [0, 0.1) is 0 Å². The number of hydrogen-bond donors (Lipinski definition) is 4. The van der Waals surface area contributed by atoms with Crippen LogP contribution in [0.25, 0.3) is 0 Å². The van der Waals surface area contributed by atoms with Gasteiger partial charge in [-0.25, -0.2) is 4.98 Å². The molecule has 0 radical (unpaired) electrons. The monoisotopic (exact) mass is 288 g/mol. The Morgan fingerprint density at radius 2 is 2.16 bits per heavy atom. The SMILES string of the molecule is NC(=O)c1nccc([C@@H]2O[C@H](CO)[C@@H](O)[C@H]2O)c1Cl. The molecular formula is C11H13ClN2O5. The quantitative estimate of drug-likeness (QED) is 0.564. The number of rotatable bonds is 3. The Morgan fingerprint density at radius 3 is 2.68 bits per heavy atom. The van der Waals surface area contributed by atoms with Crippen LogP contribution in [0.5, 0.6) is 0 Å². The van der Waals surface area contributed by atoms with Gasteiger partial charge in [-0.15, -0.1) is 0 Å². The molecule has 1 saturated heterocycles. The molecule has 1 aromatic rings. The third-order valence-corrected chi connectivity index (χ3v) is 3.40. The molecule has 2 rings (SSSR count). The minimum Gasteiger partial charge on any atom is -0.394 e. The van der Waals surface area contributed by atoms with Crippen molar-refractivity contribution >= 4 is 17.5 Å². The first-order valence-electron chi connectivity index (χ1n) is 5.54. The summed E-state index contributed by atoms with van der Waals surface area (Å²) in [5, 5.41) is 28.5. The van der Waals surface area contributed by atoms with E-state index in [0.717, 1.165) is 0 Å². The summed E-state index contributed by atoms with van der Waals surface area (Å²) in [6, 6.07) is 1.45. The van der Waals surface area contributed by atoms with Gasteiger partial charge in [-0.2, -0.15) is 0 Å². The van der Waals surface area contributed by atoms with Crippen molar-refractivity contribution in [3.8, 4) is 0 Å². The van der Waals surface area contributed by atoms with E-state index in [0.29, 0.717) is 0 Å². The van der Waals surface area contributed by atoms with Gasteiger partial charge in [0.2, 0.25) is 0 Å². The number of aliphatic hydroxyl groups excluding tert-OH is 3. The van der Waals surface area contributed by atoms with Gasteiger partial charge in [-0.05, 0) is 6.07 Å². The summed E-state index contributed by atoms with van der Waals surface area (Å²) in [6.07, 6.45) is -3.08. The van der Waals surface area contributed by atoms with Crippen LogP contribution in [-0.2, 0) is 4.74 Å².